The third kappa shape index (κ3) is 1.70. The van der Waals surface area contributed by atoms with Gasteiger partial charge in [0.05, 0.1) is 0 Å². The number of hydrogen-bond donors (Lipinski definition) is 1. The lowest BCUT2D eigenvalue weighted by molar-refractivity contribution is 0.203. The zero-order valence-electron chi connectivity index (χ0n) is 9.27. The topological polar surface area (TPSA) is 29.5 Å². The number of rotatable bonds is 0. The minimum atomic E-state index is -0.647. The maximum Gasteiger partial charge on any atom is 0.135 e. The molecule has 0 aliphatic carbocycles. The van der Waals surface area contributed by atoms with Gasteiger partial charge in [-0.15, -0.1) is 0 Å². The number of fused-ring (bicyclic) bond motifs is 2. The molecule has 0 aromatic heterocycles. The van der Waals surface area contributed by atoms with E-state index in [9.17, 15) is 5.11 Å². The molecule has 1 unspecified atom stereocenters. The first-order valence-electron chi connectivity index (χ1n) is 5.41. The third-order valence-electron chi connectivity index (χ3n) is 2.95. The summed E-state index contributed by atoms with van der Waals surface area (Å²) in [6.45, 7) is 1.99. The van der Waals surface area contributed by atoms with Crippen LogP contribution >= 0.6 is 11.6 Å². The maximum absolute atomic E-state index is 10.3. The average Bonchev–Trinajstić information content (AvgIpc) is 2.28. The standard InChI is InChI=1S/C14H11ClO2/c1-8-2-4-10-12(6-8)17-13-7-9(15)3-5-11(13)14(10)16/h2-7,14,16H,1H3. The van der Waals surface area contributed by atoms with Crippen molar-refractivity contribution >= 4 is 11.6 Å². The van der Waals surface area contributed by atoms with E-state index in [-0.39, 0.29) is 0 Å². The fraction of sp³-hybridized carbons (Fsp3) is 0.143. The molecular formula is C14H11ClO2. The van der Waals surface area contributed by atoms with E-state index in [4.69, 9.17) is 16.3 Å². The van der Waals surface area contributed by atoms with Crippen molar-refractivity contribution in [1.29, 1.82) is 0 Å². The van der Waals surface area contributed by atoms with Gasteiger partial charge in [0.1, 0.15) is 17.6 Å². The van der Waals surface area contributed by atoms with Gasteiger partial charge >= 0.3 is 0 Å². The highest BCUT2D eigenvalue weighted by molar-refractivity contribution is 6.30. The van der Waals surface area contributed by atoms with Gasteiger partial charge in [-0.05, 0) is 30.7 Å². The Bertz CT molecular complexity index is 541. The Kier molecular flexibility index (Phi) is 2.35. The van der Waals surface area contributed by atoms with Gasteiger partial charge < -0.3 is 9.84 Å². The van der Waals surface area contributed by atoms with Crippen molar-refractivity contribution in [2.24, 2.45) is 0 Å². The smallest absolute Gasteiger partial charge is 0.135 e. The Morgan fingerprint density at radius 3 is 2.47 bits per heavy atom. The Labute approximate surface area is 104 Å². The predicted molar refractivity (Wildman–Crippen MR) is 66.8 cm³/mol. The average molecular weight is 247 g/mol. The van der Waals surface area contributed by atoms with E-state index in [1.54, 1.807) is 18.2 Å². The zero-order chi connectivity index (χ0) is 12.0. The molecule has 0 fully saturated rings. The second-order valence-electron chi connectivity index (χ2n) is 4.23. The summed E-state index contributed by atoms with van der Waals surface area (Å²) in [6.07, 6.45) is -0.647. The summed E-state index contributed by atoms with van der Waals surface area (Å²) in [5, 5.41) is 10.9. The minimum absolute atomic E-state index is 0.604. The van der Waals surface area contributed by atoms with Gasteiger partial charge in [0.15, 0.2) is 0 Å². The largest absolute Gasteiger partial charge is 0.457 e. The number of benzene rings is 2. The van der Waals surface area contributed by atoms with Crippen LogP contribution in [0.25, 0.3) is 0 Å². The van der Waals surface area contributed by atoms with Crippen molar-refractivity contribution in [2.75, 3.05) is 0 Å². The number of halogens is 1. The van der Waals surface area contributed by atoms with Crippen LogP contribution in [0, 0.1) is 6.92 Å². The number of aryl methyl sites for hydroxylation is 1. The summed E-state index contributed by atoms with van der Waals surface area (Å²) in [6, 6.07) is 11.1. The number of aliphatic hydroxyl groups excluding tert-OH is 1. The molecule has 1 heterocycles. The molecule has 0 amide bonds. The summed E-state index contributed by atoms with van der Waals surface area (Å²) in [4.78, 5) is 0. The Hall–Kier alpha value is -1.51. The molecule has 1 aliphatic rings. The summed E-state index contributed by atoms with van der Waals surface area (Å²) >= 11 is 5.92. The highest BCUT2D eigenvalue weighted by Gasteiger charge is 2.25. The van der Waals surface area contributed by atoms with Crippen molar-refractivity contribution in [1.82, 2.24) is 0 Å². The van der Waals surface area contributed by atoms with Crippen LogP contribution in [0.2, 0.25) is 5.02 Å². The fourth-order valence-electron chi connectivity index (χ4n) is 2.06. The highest BCUT2D eigenvalue weighted by atomic mass is 35.5. The van der Waals surface area contributed by atoms with Gasteiger partial charge in [-0.2, -0.15) is 0 Å². The molecule has 86 valence electrons. The molecule has 0 saturated heterocycles. The molecule has 1 N–H and O–H groups in total. The van der Waals surface area contributed by atoms with Gasteiger partial charge in [-0.25, -0.2) is 0 Å². The van der Waals surface area contributed by atoms with E-state index in [1.165, 1.54) is 0 Å². The lowest BCUT2D eigenvalue weighted by atomic mass is 9.96. The lowest BCUT2D eigenvalue weighted by Crippen LogP contribution is -2.09. The molecule has 0 radical (unpaired) electrons. The summed E-state index contributed by atoms with van der Waals surface area (Å²) in [5.41, 5.74) is 2.65. The van der Waals surface area contributed by atoms with E-state index >= 15 is 0 Å². The van der Waals surface area contributed by atoms with Crippen LogP contribution in [0.3, 0.4) is 0 Å². The summed E-state index contributed by atoms with van der Waals surface area (Å²) in [7, 11) is 0. The second-order valence-corrected chi connectivity index (χ2v) is 4.66. The van der Waals surface area contributed by atoms with Crippen molar-refractivity contribution in [3.63, 3.8) is 0 Å². The van der Waals surface area contributed by atoms with Gasteiger partial charge in [0.25, 0.3) is 0 Å². The molecule has 0 saturated carbocycles. The molecule has 1 aliphatic heterocycles. The number of aliphatic hydroxyl groups is 1. The minimum Gasteiger partial charge on any atom is -0.457 e. The fourth-order valence-corrected chi connectivity index (χ4v) is 2.23. The molecule has 0 spiro atoms. The van der Waals surface area contributed by atoms with Crippen LogP contribution in [0.1, 0.15) is 22.8 Å². The van der Waals surface area contributed by atoms with Crippen LogP contribution in [-0.4, -0.2) is 5.11 Å². The van der Waals surface area contributed by atoms with Crippen LogP contribution < -0.4 is 4.74 Å². The van der Waals surface area contributed by atoms with Crippen LogP contribution in [0.15, 0.2) is 36.4 Å². The van der Waals surface area contributed by atoms with E-state index in [0.29, 0.717) is 16.5 Å². The van der Waals surface area contributed by atoms with Crippen molar-refractivity contribution in [3.8, 4) is 11.5 Å². The molecule has 2 aromatic carbocycles. The molecule has 3 rings (SSSR count). The number of hydrogen-bond acceptors (Lipinski definition) is 2. The Morgan fingerprint density at radius 2 is 1.71 bits per heavy atom. The Balaban J connectivity index is 2.17. The summed E-state index contributed by atoms with van der Waals surface area (Å²) < 4.78 is 5.77. The van der Waals surface area contributed by atoms with Gasteiger partial charge in [-0.3, -0.25) is 0 Å². The summed E-state index contributed by atoms with van der Waals surface area (Å²) in [5.74, 6) is 1.33. The normalized spacial score (nSPS) is 17.0. The third-order valence-corrected chi connectivity index (χ3v) is 3.19. The van der Waals surface area contributed by atoms with E-state index in [0.717, 1.165) is 16.7 Å². The molecule has 2 aromatic rings. The zero-order valence-corrected chi connectivity index (χ0v) is 10.0. The molecule has 0 bridgehead atoms. The second kappa shape index (κ2) is 3.76. The Morgan fingerprint density at radius 1 is 1.06 bits per heavy atom. The molecule has 1 atom stereocenters. The first-order chi connectivity index (χ1) is 8.15. The van der Waals surface area contributed by atoms with Crippen molar-refractivity contribution in [3.05, 3.63) is 58.1 Å². The maximum atomic E-state index is 10.3. The SMILES string of the molecule is Cc1ccc2c(c1)Oc1cc(Cl)ccc1C2O. The quantitative estimate of drug-likeness (QED) is 0.765. The van der Waals surface area contributed by atoms with Crippen LogP contribution in [-0.2, 0) is 0 Å². The van der Waals surface area contributed by atoms with Crippen LogP contribution in [0.5, 0.6) is 11.5 Å². The predicted octanol–water partition coefficient (Wildman–Crippen LogP) is 3.84. The van der Waals surface area contributed by atoms with Crippen molar-refractivity contribution < 1.29 is 9.84 Å². The van der Waals surface area contributed by atoms with Crippen molar-refractivity contribution in [2.45, 2.75) is 13.0 Å². The van der Waals surface area contributed by atoms with Crippen LogP contribution in [0.4, 0.5) is 0 Å². The number of ether oxygens (including phenoxy) is 1. The van der Waals surface area contributed by atoms with Gasteiger partial charge in [0.2, 0.25) is 0 Å². The molecular weight excluding hydrogens is 236 g/mol. The molecule has 17 heavy (non-hydrogen) atoms. The van der Waals surface area contributed by atoms with Gasteiger partial charge in [0, 0.05) is 16.1 Å². The van der Waals surface area contributed by atoms with E-state index in [2.05, 4.69) is 0 Å². The highest BCUT2D eigenvalue weighted by Crippen LogP contribution is 2.43. The monoisotopic (exact) mass is 246 g/mol. The van der Waals surface area contributed by atoms with E-state index in [1.807, 2.05) is 25.1 Å². The van der Waals surface area contributed by atoms with Gasteiger partial charge in [-0.1, -0.05) is 29.8 Å². The first kappa shape index (κ1) is 10.6. The molecule has 3 heteroatoms. The lowest BCUT2D eigenvalue weighted by Gasteiger charge is -2.25. The first-order valence-corrected chi connectivity index (χ1v) is 5.79. The molecule has 2 nitrogen and oxygen atoms in total. The van der Waals surface area contributed by atoms with E-state index < -0.39 is 6.10 Å².